The van der Waals surface area contributed by atoms with Crippen LogP contribution in [0.5, 0.6) is 0 Å². The van der Waals surface area contributed by atoms with Gasteiger partial charge in [0.15, 0.2) is 0 Å². The highest BCUT2D eigenvalue weighted by atomic mass is 32.2. The van der Waals surface area contributed by atoms with Gasteiger partial charge in [0.2, 0.25) is 15.9 Å². The molecule has 3 rings (SSSR count). The first-order valence-electron chi connectivity index (χ1n) is 12.9. The van der Waals surface area contributed by atoms with Crippen molar-refractivity contribution >= 4 is 21.8 Å². The summed E-state index contributed by atoms with van der Waals surface area (Å²) in [7, 11) is -3.29. The summed E-state index contributed by atoms with van der Waals surface area (Å²) in [6, 6.07) is 8.14. The Labute approximate surface area is 220 Å². The number of hydrogen-bond donors (Lipinski definition) is 3. The molecule has 1 aliphatic carbocycles. The lowest BCUT2D eigenvalue weighted by Crippen LogP contribution is -2.55. The summed E-state index contributed by atoms with van der Waals surface area (Å²) in [5.74, 6) is -0.102. The number of aliphatic hydroxyl groups excluding tert-OH is 1. The molecule has 0 unspecified atom stereocenters. The van der Waals surface area contributed by atoms with E-state index in [9.17, 15) is 18.0 Å². The Bertz CT molecular complexity index is 1100. The number of hydrogen-bond acceptors (Lipinski definition) is 6. The molecule has 37 heavy (non-hydrogen) atoms. The van der Waals surface area contributed by atoms with Crippen molar-refractivity contribution < 1.29 is 23.1 Å². The molecule has 1 aromatic carbocycles. The van der Waals surface area contributed by atoms with Crippen molar-refractivity contribution in [3.8, 4) is 0 Å². The van der Waals surface area contributed by atoms with Crippen molar-refractivity contribution in [2.24, 2.45) is 5.92 Å². The van der Waals surface area contributed by atoms with Gasteiger partial charge >= 0.3 is 0 Å². The maximum absolute atomic E-state index is 13.4. The predicted molar refractivity (Wildman–Crippen MR) is 145 cm³/mol. The van der Waals surface area contributed by atoms with Gasteiger partial charge in [0.05, 0.1) is 12.5 Å². The third-order valence-corrected chi connectivity index (χ3v) is 8.65. The number of rotatable bonds is 12. The smallest absolute Gasteiger partial charge is 0.251 e. The summed E-state index contributed by atoms with van der Waals surface area (Å²) in [6.45, 7) is 6.06. The Balaban J connectivity index is 1.54. The molecule has 1 heterocycles. The first-order valence-corrected chi connectivity index (χ1v) is 14.8. The average molecular weight is 533 g/mol. The van der Waals surface area contributed by atoms with Crippen LogP contribution >= 0.6 is 0 Å². The van der Waals surface area contributed by atoms with Gasteiger partial charge in [-0.3, -0.25) is 9.59 Å². The molecule has 10 heteroatoms. The van der Waals surface area contributed by atoms with Crippen LogP contribution in [0.3, 0.4) is 0 Å². The molecule has 1 saturated heterocycles. The third kappa shape index (κ3) is 7.90. The van der Waals surface area contributed by atoms with E-state index in [4.69, 9.17) is 5.11 Å². The van der Waals surface area contributed by atoms with E-state index in [1.807, 2.05) is 19.1 Å². The van der Waals surface area contributed by atoms with Crippen LogP contribution in [0.2, 0.25) is 0 Å². The molecule has 0 spiro atoms. The quantitative estimate of drug-likeness (QED) is 0.216. The molecule has 0 radical (unpaired) electrons. The number of benzene rings is 1. The fraction of sp³-hybridized carbons (Fsp3) is 0.556. The number of amides is 2. The van der Waals surface area contributed by atoms with Gasteiger partial charge in [0.1, 0.15) is 6.04 Å². The van der Waals surface area contributed by atoms with Crippen LogP contribution in [0.15, 0.2) is 54.3 Å². The standard InChI is InChI=1S/C27H40N4O5S/c1-4-21(13-19-32)23-20-27(23,2)28-14-9-8-12-24(29-25(33)22-10-6-5-7-11-22)26(34)30-15-17-31(18-16-30)37(3,35)36/h4-7,10-11,13,19,23-24,28,32H,8-9,12,14-18,20H2,1-3H3,(H,29,33)/b19-13-,21-4+/t23-,24+,27+/m1/s1. The van der Waals surface area contributed by atoms with Crippen LogP contribution in [0.1, 0.15) is 49.9 Å². The van der Waals surface area contributed by atoms with E-state index >= 15 is 0 Å². The molecule has 1 aromatic rings. The number of aliphatic hydroxyl groups is 1. The lowest BCUT2D eigenvalue weighted by Gasteiger charge is -2.35. The summed E-state index contributed by atoms with van der Waals surface area (Å²) < 4.78 is 25.0. The average Bonchev–Trinajstić information content (AvgIpc) is 3.56. The highest BCUT2D eigenvalue weighted by Crippen LogP contribution is 2.48. The first kappa shape index (κ1) is 28.9. The number of nitrogens with zero attached hydrogens (tertiary/aromatic N) is 2. The van der Waals surface area contributed by atoms with Crippen molar-refractivity contribution in [1.29, 1.82) is 0 Å². The molecule has 3 atom stereocenters. The zero-order valence-electron chi connectivity index (χ0n) is 22.0. The topological polar surface area (TPSA) is 119 Å². The Kier molecular flexibility index (Phi) is 9.92. The van der Waals surface area contributed by atoms with Gasteiger partial charge in [0.25, 0.3) is 5.91 Å². The summed E-state index contributed by atoms with van der Waals surface area (Å²) in [6.07, 6.45) is 9.10. The first-order chi connectivity index (χ1) is 17.6. The van der Waals surface area contributed by atoms with Crippen molar-refractivity contribution in [1.82, 2.24) is 19.8 Å². The van der Waals surface area contributed by atoms with Crippen LogP contribution in [0, 0.1) is 5.92 Å². The van der Waals surface area contributed by atoms with E-state index in [0.29, 0.717) is 31.0 Å². The Morgan fingerprint density at radius 2 is 1.84 bits per heavy atom. The van der Waals surface area contributed by atoms with Gasteiger partial charge in [-0.2, -0.15) is 4.31 Å². The Morgan fingerprint density at radius 3 is 2.43 bits per heavy atom. The number of allylic oxidation sites excluding steroid dienone is 2. The van der Waals surface area contributed by atoms with Crippen LogP contribution in [-0.4, -0.2) is 85.1 Å². The van der Waals surface area contributed by atoms with Gasteiger partial charge in [-0.15, -0.1) is 0 Å². The van der Waals surface area contributed by atoms with Gasteiger partial charge in [-0.1, -0.05) is 24.3 Å². The van der Waals surface area contributed by atoms with E-state index in [0.717, 1.165) is 37.6 Å². The molecule has 2 aliphatic rings. The minimum atomic E-state index is -3.29. The Hall–Kier alpha value is -2.69. The fourth-order valence-electron chi connectivity index (χ4n) is 4.94. The van der Waals surface area contributed by atoms with Crippen molar-refractivity contribution in [3.05, 3.63) is 59.9 Å². The lowest BCUT2D eigenvalue weighted by molar-refractivity contribution is -0.134. The minimum Gasteiger partial charge on any atom is -0.516 e. The van der Waals surface area contributed by atoms with Gasteiger partial charge in [-0.05, 0) is 69.9 Å². The van der Waals surface area contributed by atoms with Crippen LogP contribution in [-0.2, 0) is 14.8 Å². The highest BCUT2D eigenvalue weighted by Gasteiger charge is 2.50. The molecule has 3 N–H and O–H groups in total. The predicted octanol–water partition coefficient (Wildman–Crippen LogP) is 2.45. The zero-order valence-corrected chi connectivity index (χ0v) is 22.8. The van der Waals surface area contributed by atoms with Crippen LogP contribution in [0.25, 0.3) is 0 Å². The van der Waals surface area contributed by atoms with E-state index in [1.165, 1.54) is 10.6 Å². The second kappa shape index (κ2) is 12.7. The van der Waals surface area contributed by atoms with Gasteiger partial charge < -0.3 is 20.6 Å². The van der Waals surface area contributed by atoms with Crippen molar-refractivity contribution in [3.63, 3.8) is 0 Å². The maximum Gasteiger partial charge on any atom is 0.251 e. The molecule has 9 nitrogen and oxygen atoms in total. The summed E-state index contributed by atoms with van der Waals surface area (Å²) in [5, 5.41) is 15.6. The number of carbonyl (C=O) groups excluding carboxylic acids is 2. The number of unbranched alkanes of at least 4 members (excludes halogenated alkanes) is 1. The van der Waals surface area contributed by atoms with E-state index < -0.39 is 16.1 Å². The molecule has 0 aromatic heterocycles. The van der Waals surface area contributed by atoms with E-state index in [1.54, 1.807) is 35.2 Å². The minimum absolute atomic E-state index is 0.00259. The van der Waals surface area contributed by atoms with E-state index in [2.05, 4.69) is 17.6 Å². The molecule has 204 valence electrons. The van der Waals surface area contributed by atoms with Crippen molar-refractivity contribution in [2.75, 3.05) is 39.0 Å². The molecule has 1 saturated carbocycles. The largest absolute Gasteiger partial charge is 0.516 e. The maximum atomic E-state index is 13.4. The molecule has 2 amide bonds. The molecular formula is C27H40N4O5S. The molecule has 1 aliphatic heterocycles. The number of carbonyl (C=O) groups is 2. The van der Waals surface area contributed by atoms with Gasteiger partial charge in [0, 0.05) is 43.2 Å². The zero-order chi connectivity index (χ0) is 27.1. The van der Waals surface area contributed by atoms with Crippen LogP contribution in [0.4, 0.5) is 0 Å². The summed E-state index contributed by atoms with van der Waals surface area (Å²) >= 11 is 0. The second-order valence-electron chi connectivity index (χ2n) is 10.1. The van der Waals surface area contributed by atoms with Gasteiger partial charge in [-0.25, -0.2) is 8.42 Å². The SMILES string of the molecule is C/C=C(\C=C/O)[C@H]1C[C@]1(C)NCCCC[C@H](NC(=O)c1ccccc1)C(=O)N1CCN(S(C)(=O)=O)CC1. The normalized spacial score (nSPS) is 23.7. The third-order valence-electron chi connectivity index (χ3n) is 7.35. The number of piperazine rings is 1. The lowest BCUT2D eigenvalue weighted by atomic mass is 10.1. The van der Waals surface area contributed by atoms with Crippen LogP contribution < -0.4 is 10.6 Å². The Morgan fingerprint density at radius 1 is 1.16 bits per heavy atom. The number of nitrogens with one attached hydrogen (secondary N) is 2. The molecular weight excluding hydrogens is 492 g/mol. The van der Waals surface area contributed by atoms with Crippen molar-refractivity contribution in [2.45, 2.75) is 51.1 Å². The number of sulfonamides is 1. The molecule has 2 fully saturated rings. The fourth-order valence-corrected chi connectivity index (χ4v) is 5.77. The summed E-state index contributed by atoms with van der Waals surface area (Å²) in [4.78, 5) is 27.8. The summed E-state index contributed by atoms with van der Waals surface area (Å²) in [5.41, 5.74) is 1.60. The second-order valence-corrected chi connectivity index (χ2v) is 12.1. The highest BCUT2D eigenvalue weighted by molar-refractivity contribution is 7.88. The monoisotopic (exact) mass is 532 g/mol. The van der Waals surface area contributed by atoms with E-state index in [-0.39, 0.29) is 30.4 Å². The molecule has 0 bridgehead atoms.